The number of primary amides is 1. The Morgan fingerprint density at radius 3 is 1.52 bits per heavy atom. The van der Waals surface area contributed by atoms with Crippen molar-refractivity contribution in [2.24, 2.45) is 11.5 Å². The van der Waals surface area contributed by atoms with Crippen LogP contribution in [0.2, 0.25) is 0 Å². The second-order valence-corrected chi connectivity index (χ2v) is 3.63. The summed E-state index contributed by atoms with van der Waals surface area (Å²) in [6.45, 7) is 5.28. The minimum absolute atomic E-state index is 0. The number of nitrogens with two attached hydrogens (primary N) is 2. The number of amides is 2. The average molecular weight is 390 g/mol. The molecule has 136 valence electrons. The number of urea groups is 1. The Hall–Kier alpha value is -1.96. The molecule has 2 atom stereocenters. The Labute approximate surface area is 183 Å². The maximum Gasteiger partial charge on any atom is 1.00 e. The van der Waals surface area contributed by atoms with Crippen LogP contribution in [0.15, 0.2) is 0 Å². The van der Waals surface area contributed by atoms with Gasteiger partial charge in [0.15, 0.2) is 0 Å². The van der Waals surface area contributed by atoms with Crippen molar-refractivity contribution in [1.82, 2.24) is 5.32 Å². The van der Waals surface area contributed by atoms with Gasteiger partial charge in [0.1, 0.15) is 12.1 Å². The van der Waals surface area contributed by atoms with Gasteiger partial charge >= 0.3 is 81.3 Å². The first-order chi connectivity index (χ1) is 10.9. The third kappa shape index (κ3) is 27.2. The van der Waals surface area contributed by atoms with E-state index in [1.807, 2.05) is 0 Å². The Morgan fingerprint density at radius 2 is 1.36 bits per heavy atom. The van der Waals surface area contributed by atoms with Crippen LogP contribution in [-0.4, -0.2) is 62.4 Å². The molecule has 15 heteroatoms. The van der Waals surface area contributed by atoms with E-state index in [2.05, 4.69) is 5.73 Å². The third-order valence-corrected chi connectivity index (χ3v) is 1.71. The van der Waals surface area contributed by atoms with Crippen LogP contribution in [0.5, 0.6) is 0 Å². The fraction of sp³-hybridized carbons (Fsp3) is 0.400. The molecule has 0 aliphatic heterocycles. The zero-order chi connectivity index (χ0) is 19.9. The molecule has 0 aromatic rings. The van der Waals surface area contributed by atoms with Gasteiger partial charge in [-0.25, -0.2) is 16.2 Å². The van der Waals surface area contributed by atoms with E-state index < -0.39 is 54.8 Å². The summed E-state index contributed by atoms with van der Waals surface area (Å²) < 4.78 is 0. The van der Waals surface area contributed by atoms with Gasteiger partial charge < -0.3 is 42.4 Å². The fourth-order valence-corrected chi connectivity index (χ4v) is 0.822. The first kappa shape index (κ1) is 30.9. The molecule has 0 aromatic carbocycles. The van der Waals surface area contributed by atoms with Crippen molar-refractivity contribution in [2.75, 3.05) is 0 Å². The van der Waals surface area contributed by atoms with Gasteiger partial charge in [-0.05, 0) is 0 Å². The van der Waals surface area contributed by atoms with Crippen LogP contribution in [0.3, 0.4) is 0 Å². The number of carboxylic acid groups (broad SMARTS) is 4. The summed E-state index contributed by atoms with van der Waals surface area (Å²) in [6.07, 6.45) is -1.23. The molecule has 0 saturated heterocycles. The fourth-order valence-electron chi connectivity index (χ4n) is 0.822. The van der Waals surface area contributed by atoms with E-state index in [1.54, 1.807) is 5.32 Å². The Morgan fingerprint density at radius 1 is 1.00 bits per heavy atom. The molecule has 25 heavy (non-hydrogen) atoms. The zero-order valence-corrected chi connectivity index (χ0v) is 16.0. The van der Waals surface area contributed by atoms with Crippen LogP contribution in [0.1, 0.15) is 12.8 Å². The summed E-state index contributed by atoms with van der Waals surface area (Å²) in [4.78, 5) is 50.0. The molecule has 0 heterocycles. The molecule has 9 N–H and O–H groups in total. The van der Waals surface area contributed by atoms with Crippen LogP contribution in [0.4, 0.5) is 4.79 Å². The molecule has 0 bridgehead atoms. The molecule has 0 radical (unpaired) electrons. The second kappa shape index (κ2) is 18.4. The van der Waals surface area contributed by atoms with Gasteiger partial charge in [0.2, 0.25) is 0 Å². The van der Waals surface area contributed by atoms with Crippen LogP contribution in [0, 0.1) is 11.8 Å². The maximum absolute atomic E-state index is 10.2. The number of carbonyl (C=O) groups is 5. The molecule has 0 rings (SSSR count). The number of nitrogens with one attached hydrogen (secondary N) is 1. The molecule has 2 unspecified atom stereocenters. The second-order valence-electron chi connectivity index (χ2n) is 3.63. The molecule has 2 amide bonds. The van der Waals surface area contributed by atoms with Crippen molar-refractivity contribution in [3.05, 3.63) is 16.8 Å². The SMILES string of the molecule is NC(=O)NC(CC(=O)O)C(=O)O.NC(CC(=O)O)C(=O)O.[C-]#[N+][O-].[K+]. The zero-order valence-electron chi connectivity index (χ0n) is 12.9. The predicted octanol–water partition coefficient (Wildman–Crippen LogP) is -5.14. The van der Waals surface area contributed by atoms with Gasteiger partial charge in [-0.1, -0.05) is 0 Å². The van der Waals surface area contributed by atoms with Gasteiger partial charge in [0, 0.05) is 0 Å². The number of carbonyl (C=O) groups excluding carboxylic acids is 1. The van der Waals surface area contributed by atoms with Crippen molar-refractivity contribution >= 4 is 29.9 Å². The quantitative estimate of drug-likeness (QED) is 0.123. The number of nitrogens with zero attached hydrogens (tertiary/aromatic N) is 1. The standard InChI is InChI=1S/C5H8N2O5.C4H7NO4.CNO.K/c6-5(12)7-2(4(10)11)1-3(8)9;5-2(4(8)9)1-3(6)7;1-2-3;/h2H,1H2,(H,8,9)(H,10,11)(H3,6,7,12);2H,1,5H2,(H,6,7)(H,8,9);;/q;;-1;+1. The van der Waals surface area contributed by atoms with E-state index in [9.17, 15) is 24.0 Å². The molecule has 0 saturated carbocycles. The summed E-state index contributed by atoms with van der Waals surface area (Å²) in [6, 6.07) is -3.83. The Balaban J connectivity index is -0.000000151. The van der Waals surface area contributed by atoms with Crippen LogP contribution < -0.4 is 68.2 Å². The summed E-state index contributed by atoms with van der Waals surface area (Å²) in [5, 5.41) is 44.1. The normalized spacial score (nSPS) is 10.4. The smallest absolute Gasteiger partial charge is 0.539 e. The van der Waals surface area contributed by atoms with E-state index >= 15 is 0 Å². The van der Waals surface area contributed by atoms with Gasteiger partial charge in [-0.2, -0.15) is 0 Å². The van der Waals surface area contributed by atoms with E-state index in [4.69, 9.17) is 37.9 Å². The molecular weight excluding hydrogens is 375 g/mol. The van der Waals surface area contributed by atoms with Crippen molar-refractivity contribution in [2.45, 2.75) is 24.9 Å². The number of rotatable bonds is 7. The first-order valence-corrected chi connectivity index (χ1v) is 5.58. The number of hydrogen-bond donors (Lipinski definition) is 7. The third-order valence-electron chi connectivity index (χ3n) is 1.71. The van der Waals surface area contributed by atoms with Gasteiger partial charge in [-0.3, -0.25) is 19.4 Å². The summed E-state index contributed by atoms with van der Waals surface area (Å²) >= 11 is 0. The molecule has 0 aliphatic rings. The minimum Gasteiger partial charge on any atom is -0.539 e. The monoisotopic (exact) mass is 390 g/mol. The largest absolute Gasteiger partial charge is 1.00 e. The molecular formula is C10H15KN4O10. The van der Waals surface area contributed by atoms with Crippen molar-refractivity contribution < 1.29 is 95.8 Å². The minimum atomic E-state index is -1.47. The molecule has 0 fully saturated rings. The maximum atomic E-state index is 10.2. The van der Waals surface area contributed by atoms with Crippen molar-refractivity contribution in [3.63, 3.8) is 0 Å². The van der Waals surface area contributed by atoms with E-state index in [0.717, 1.165) is 0 Å². The molecule has 14 nitrogen and oxygen atoms in total. The van der Waals surface area contributed by atoms with Crippen LogP contribution in [0.25, 0.3) is 5.01 Å². The number of hydrogen-bond acceptors (Lipinski definition) is 7. The van der Waals surface area contributed by atoms with Gasteiger partial charge in [0.25, 0.3) is 0 Å². The van der Waals surface area contributed by atoms with E-state index in [1.165, 1.54) is 5.01 Å². The molecule has 0 spiro atoms. The van der Waals surface area contributed by atoms with Crippen molar-refractivity contribution in [3.8, 4) is 0 Å². The average Bonchev–Trinajstić information content (AvgIpc) is 2.37. The molecule has 0 aromatic heterocycles. The predicted molar refractivity (Wildman–Crippen MR) is 74.2 cm³/mol. The van der Waals surface area contributed by atoms with E-state index in [0.29, 0.717) is 0 Å². The topological polar surface area (TPSA) is 258 Å². The number of aliphatic carboxylic acids is 4. The van der Waals surface area contributed by atoms with Gasteiger partial charge in [-0.15, -0.1) is 0 Å². The van der Waals surface area contributed by atoms with Gasteiger partial charge in [0.05, 0.1) is 12.8 Å². The Bertz CT molecular complexity index is 490. The molecule has 0 aliphatic carbocycles. The van der Waals surface area contributed by atoms with E-state index in [-0.39, 0.29) is 51.4 Å². The van der Waals surface area contributed by atoms with Crippen LogP contribution in [-0.2, 0) is 19.2 Å². The van der Waals surface area contributed by atoms with Crippen LogP contribution >= 0.6 is 0 Å². The summed E-state index contributed by atoms with van der Waals surface area (Å²) in [7, 11) is 0. The Kier molecular flexibility index (Phi) is 22.7. The summed E-state index contributed by atoms with van der Waals surface area (Å²) in [5.41, 5.74) is 9.44. The summed E-state index contributed by atoms with van der Waals surface area (Å²) in [5.74, 6) is -5.25. The first-order valence-electron chi connectivity index (χ1n) is 5.58. The number of carboxylic acids is 4. The van der Waals surface area contributed by atoms with Crippen molar-refractivity contribution in [1.29, 1.82) is 0 Å².